The summed E-state index contributed by atoms with van der Waals surface area (Å²) in [7, 11) is 0. The first-order chi connectivity index (χ1) is 9.04. The van der Waals surface area contributed by atoms with E-state index < -0.39 is 17.9 Å². The monoisotopic (exact) mass is 267 g/mol. The van der Waals surface area contributed by atoms with Gasteiger partial charge in [-0.15, -0.1) is 0 Å². The number of hydrogen-bond acceptors (Lipinski definition) is 4. The minimum Gasteiger partial charge on any atom is -0.490 e. The molecular formula is C13H17NO5. The molecule has 104 valence electrons. The molecule has 6 nitrogen and oxygen atoms in total. The number of rotatable bonds is 7. The van der Waals surface area contributed by atoms with Gasteiger partial charge in [0, 0.05) is 0 Å². The maximum Gasteiger partial charge on any atom is 0.325 e. The van der Waals surface area contributed by atoms with E-state index in [-0.39, 0.29) is 6.61 Å². The number of hydrogen-bond donors (Lipinski definition) is 2. The Morgan fingerprint density at radius 1 is 1.26 bits per heavy atom. The molecule has 0 radical (unpaired) electrons. The number of para-hydroxylation sites is 2. The van der Waals surface area contributed by atoms with Crippen LogP contribution in [-0.2, 0) is 9.59 Å². The molecule has 1 rings (SSSR count). The summed E-state index contributed by atoms with van der Waals surface area (Å²) < 4.78 is 10.6. The largest absolute Gasteiger partial charge is 0.490 e. The van der Waals surface area contributed by atoms with Crippen molar-refractivity contribution in [3.05, 3.63) is 24.3 Å². The number of benzene rings is 1. The first-order valence-corrected chi connectivity index (χ1v) is 5.91. The van der Waals surface area contributed by atoms with Crippen molar-refractivity contribution in [3.63, 3.8) is 0 Å². The lowest BCUT2D eigenvalue weighted by Gasteiger charge is -2.12. The Balaban J connectivity index is 2.52. The standard InChI is InChI=1S/C13H17NO5/c1-3-18-10-6-4-5-7-11(10)19-8-12(15)14-9(2)13(16)17/h4-7,9H,3,8H2,1-2H3,(H,14,15)(H,16,17). The molecule has 1 unspecified atom stereocenters. The summed E-state index contributed by atoms with van der Waals surface area (Å²) in [6.07, 6.45) is 0. The summed E-state index contributed by atoms with van der Waals surface area (Å²) >= 11 is 0. The van der Waals surface area contributed by atoms with Crippen LogP contribution in [0.25, 0.3) is 0 Å². The summed E-state index contributed by atoms with van der Waals surface area (Å²) in [4.78, 5) is 22.0. The normalized spacial score (nSPS) is 11.5. The summed E-state index contributed by atoms with van der Waals surface area (Å²) in [5.74, 6) is -0.601. The van der Waals surface area contributed by atoms with E-state index in [1.54, 1.807) is 24.3 Å². The van der Waals surface area contributed by atoms with E-state index >= 15 is 0 Å². The number of amides is 1. The zero-order chi connectivity index (χ0) is 14.3. The molecule has 2 N–H and O–H groups in total. The molecule has 1 aromatic carbocycles. The minimum absolute atomic E-state index is 0.262. The number of aliphatic carboxylic acids is 1. The van der Waals surface area contributed by atoms with Crippen molar-refractivity contribution >= 4 is 11.9 Å². The van der Waals surface area contributed by atoms with Crippen LogP contribution in [0.1, 0.15) is 13.8 Å². The molecule has 0 spiro atoms. The smallest absolute Gasteiger partial charge is 0.325 e. The second-order valence-electron chi connectivity index (χ2n) is 3.80. The topological polar surface area (TPSA) is 84.9 Å². The predicted octanol–water partition coefficient (Wildman–Crippen LogP) is 1.05. The molecule has 0 fully saturated rings. The maximum atomic E-state index is 11.5. The molecule has 0 aliphatic carbocycles. The zero-order valence-corrected chi connectivity index (χ0v) is 10.9. The van der Waals surface area contributed by atoms with E-state index in [0.717, 1.165) is 0 Å². The number of ether oxygens (including phenoxy) is 2. The van der Waals surface area contributed by atoms with Crippen LogP contribution in [-0.4, -0.2) is 36.2 Å². The molecule has 0 aliphatic heterocycles. The number of carboxylic acid groups (broad SMARTS) is 1. The van der Waals surface area contributed by atoms with Crippen molar-refractivity contribution in [3.8, 4) is 11.5 Å². The lowest BCUT2D eigenvalue weighted by molar-refractivity contribution is -0.141. The number of carboxylic acids is 1. The van der Waals surface area contributed by atoms with E-state index in [1.807, 2.05) is 6.92 Å². The average molecular weight is 267 g/mol. The first kappa shape index (κ1) is 14.8. The molecule has 1 aromatic rings. The van der Waals surface area contributed by atoms with Crippen molar-refractivity contribution < 1.29 is 24.2 Å². The summed E-state index contributed by atoms with van der Waals surface area (Å²) in [5, 5.41) is 11.0. The Morgan fingerprint density at radius 2 is 1.84 bits per heavy atom. The zero-order valence-electron chi connectivity index (χ0n) is 10.9. The van der Waals surface area contributed by atoms with Gasteiger partial charge in [-0.2, -0.15) is 0 Å². The van der Waals surface area contributed by atoms with Gasteiger partial charge < -0.3 is 19.9 Å². The maximum absolute atomic E-state index is 11.5. The third-order valence-corrected chi connectivity index (χ3v) is 2.26. The van der Waals surface area contributed by atoms with Gasteiger partial charge in [0.2, 0.25) is 0 Å². The highest BCUT2D eigenvalue weighted by Gasteiger charge is 2.14. The van der Waals surface area contributed by atoms with Crippen LogP contribution in [0.15, 0.2) is 24.3 Å². The second-order valence-corrected chi connectivity index (χ2v) is 3.80. The van der Waals surface area contributed by atoms with Gasteiger partial charge in [0.1, 0.15) is 6.04 Å². The van der Waals surface area contributed by atoms with E-state index in [9.17, 15) is 9.59 Å². The van der Waals surface area contributed by atoms with Crippen LogP contribution >= 0.6 is 0 Å². The van der Waals surface area contributed by atoms with E-state index in [1.165, 1.54) is 6.92 Å². The number of carbonyl (C=O) groups is 2. The Morgan fingerprint density at radius 3 is 2.37 bits per heavy atom. The Labute approximate surface area is 111 Å². The van der Waals surface area contributed by atoms with Gasteiger partial charge in [0.25, 0.3) is 5.91 Å². The van der Waals surface area contributed by atoms with Crippen molar-refractivity contribution in [2.75, 3.05) is 13.2 Å². The van der Waals surface area contributed by atoms with Crippen molar-refractivity contribution in [1.82, 2.24) is 5.32 Å². The van der Waals surface area contributed by atoms with Gasteiger partial charge in [0.15, 0.2) is 18.1 Å². The summed E-state index contributed by atoms with van der Waals surface area (Å²) in [6.45, 7) is 3.46. The van der Waals surface area contributed by atoms with Gasteiger partial charge in [0.05, 0.1) is 6.61 Å². The van der Waals surface area contributed by atoms with Crippen LogP contribution < -0.4 is 14.8 Å². The molecule has 0 saturated carbocycles. The summed E-state index contributed by atoms with van der Waals surface area (Å²) in [5.41, 5.74) is 0. The van der Waals surface area contributed by atoms with Crippen LogP contribution in [0.5, 0.6) is 11.5 Å². The molecule has 19 heavy (non-hydrogen) atoms. The van der Waals surface area contributed by atoms with Gasteiger partial charge in [-0.25, -0.2) is 0 Å². The van der Waals surface area contributed by atoms with Crippen LogP contribution in [0.2, 0.25) is 0 Å². The molecule has 6 heteroatoms. The quantitative estimate of drug-likeness (QED) is 0.771. The Bertz CT molecular complexity index is 446. The van der Waals surface area contributed by atoms with Crippen LogP contribution in [0.4, 0.5) is 0 Å². The minimum atomic E-state index is -1.09. The molecular weight excluding hydrogens is 250 g/mol. The average Bonchev–Trinajstić information content (AvgIpc) is 2.38. The lowest BCUT2D eigenvalue weighted by atomic mass is 10.3. The number of nitrogens with one attached hydrogen (secondary N) is 1. The van der Waals surface area contributed by atoms with Crippen molar-refractivity contribution in [2.45, 2.75) is 19.9 Å². The molecule has 0 bridgehead atoms. The first-order valence-electron chi connectivity index (χ1n) is 5.91. The van der Waals surface area contributed by atoms with Crippen LogP contribution in [0.3, 0.4) is 0 Å². The fraction of sp³-hybridized carbons (Fsp3) is 0.385. The van der Waals surface area contributed by atoms with Gasteiger partial charge in [-0.3, -0.25) is 9.59 Å². The van der Waals surface area contributed by atoms with Gasteiger partial charge in [-0.1, -0.05) is 12.1 Å². The van der Waals surface area contributed by atoms with E-state index in [0.29, 0.717) is 18.1 Å². The van der Waals surface area contributed by atoms with Gasteiger partial charge in [-0.05, 0) is 26.0 Å². The molecule has 1 amide bonds. The van der Waals surface area contributed by atoms with Crippen molar-refractivity contribution in [2.24, 2.45) is 0 Å². The fourth-order valence-electron chi connectivity index (χ4n) is 1.33. The Hall–Kier alpha value is -2.24. The SMILES string of the molecule is CCOc1ccccc1OCC(=O)NC(C)C(=O)O. The Kier molecular flexibility index (Phi) is 5.66. The van der Waals surface area contributed by atoms with E-state index in [4.69, 9.17) is 14.6 Å². The van der Waals surface area contributed by atoms with Gasteiger partial charge >= 0.3 is 5.97 Å². The molecule has 0 saturated heterocycles. The number of carbonyl (C=O) groups excluding carboxylic acids is 1. The second kappa shape index (κ2) is 7.25. The third-order valence-electron chi connectivity index (χ3n) is 2.26. The highest BCUT2D eigenvalue weighted by molar-refractivity contribution is 5.84. The molecule has 1 atom stereocenters. The molecule has 0 aromatic heterocycles. The lowest BCUT2D eigenvalue weighted by Crippen LogP contribution is -2.40. The molecule has 0 aliphatic rings. The predicted molar refractivity (Wildman–Crippen MR) is 68.3 cm³/mol. The van der Waals surface area contributed by atoms with Crippen LogP contribution in [0, 0.1) is 0 Å². The highest BCUT2D eigenvalue weighted by atomic mass is 16.5. The van der Waals surface area contributed by atoms with E-state index in [2.05, 4.69) is 5.32 Å². The highest BCUT2D eigenvalue weighted by Crippen LogP contribution is 2.26. The fourth-order valence-corrected chi connectivity index (χ4v) is 1.33. The van der Waals surface area contributed by atoms with Crippen molar-refractivity contribution in [1.29, 1.82) is 0 Å². The summed E-state index contributed by atoms with van der Waals surface area (Å²) in [6, 6.07) is 6.02. The third kappa shape index (κ3) is 4.87. The molecule has 0 heterocycles.